The Hall–Kier alpha value is -3.64. The molecule has 0 aliphatic heterocycles. The van der Waals surface area contributed by atoms with Gasteiger partial charge in [0.2, 0.25) is 5.91 Å². The van der Waals surface area contributed by atoms with Crippen LogP contribution in [0.25, 0.3) is 0 Å². The Labute approximate surface area is 228 Å². The smallest absolute Gasteiger partial charge is 0.444 e. The highest BCUT2D eigenvalue weighted by atomic mass is 19.4. The Balaban J connectivity index is 2.32. The average molecular weight is 579 g/mol. The van der Waals surface area contributed by atoms with Crippen LogP contribution in [0.2, 0.25) is 0 Å². The van der Waals surface area contributed by atoms with E-state index in [4.69, 9.17) is 4.74 Å². The number of carbonyl (C=O) groups is 2. The topological polar surface area (TPSA) is 77.1 Å². The van der Waals surface area contributed by atoms with Crippen LogP contribution in [0.4, 0.5) is 31.1 Å². The Kier molecular flexibility index (Phi) is 11.1. The zero-order chi connectivity index (χ0) is 30.1. The van der Waals surface area contributed by atoms with E-state index in [0.717, 1.165) is 30.7 Å². The summed E-state index contributed by atoms with van der Waals surface area (Å²) >= 11 is 0. The second kappa shape index (κ2) is 13.6. The molecule has 0 radical (unpaired) electrons. The molecule has 222 valence electrons. The molecule has 2 rings (SSSR count). The van der Waals surface area contributed by atoms with Crippen molar-refractivity contribution in [2.45, 2.75) is 84.4 Å². The van der Waals surface area contributed by atoms with Crippen molar-refractivity contribution in [3.8, 4) is 11.5 Å². The number of alkyl halides is 6. The normalized spacial score (nSPS) is 12.8. The van der Waals surface area contributed by atoms with Crippen LogP contribution < -0.4 is 14.8 Å². The van der Waals surface area contributed by atoms with Crippen molar-refractivity contribution in [3.05, 3.63) is 59.7 Å². The molecule has 0 aromatic heterocycles. The lowest BCUT2D eigenvalue weighted by Gasteiger charge is -2.29. The molecular formula is C27H32F6N2O5. The van der Waals surface area contributed by atoms with Crippen LogP contribution in [-0.4, -0.2) is 41.3 Å². The molecule has 0 heterocycles. The van der Waals surface area contributed by atoms with Gasteiger partial charge in [-0.15, -0.1) is 26.3 Å². The minimum Gasteiger partial charge on any atom is -0.444 e. The van der Waals surface area contributed by atoms with Gasteiger partial charge in [0.1, 0.15) is 23.1 Å². The predicted octanol–water partition coefficient (Wildman–Crippen LogP) is 7.10. The van der Waals surface area contributed by atoms with Gasteiger partial charge >= 0.3 is 18.8 Å². The molecule has 1 N–H and O–H groups in total. The van der Waals surface area contributed by atoms with E-state index in [1.165, 1.54) is 29.2 Å². The number of nitrogens with one attached hydrogen (secondary N) is 1. The van der Waals surface area contributed by atoms with Crippen molar-refractivity contribution in [2.75, 3.05) is 0 Å². The van der Waals surface area contributed by atoms with Gasteiger partial charge in [0.25, 0.3) is 0 Å². The van der Waals surface area contributed by atoms with Crippen LogP contribution in [0, 0.1) is 0 Å². The highest BCUT2D eigenvalue weighted by Gasteiger charge is 2.32. The third-order valence-corrected chi connectivity index (χ3v) is 5.21. The van der Waals surface area contributed by atoms with Crippen molar-refractivity contribution < 1.29 is 50.1 Å². The van der Waals surface area contributed by atoms with Crippen LogP contribution in [-0.2, 0) is 22.6 Å². The van der Waals surface area contributed by atoms with E-state index in [9.17, 15) is 35.9 Å². The number of benzene rings is 2. The summed E-state index contributed by atoms with van der Waals surface area (Å²) in [7, 11) is 0. The summed E-state index contributed by atoms with van der Waals surface area (Å²) in [6, 6.07) is 8.81. The number of rotatable bonds is 11. The predicted molar refractivity (Wildman–Crippen MR) is 133 cm³/mol. The number of alkyl carbamates (subject to hydrolysis) is 1. The number of ether oxygens (including phenoxy) is 3. The maximum atomic E-state index is 13.7. The fourth-order valence-electron chi connectivity index (χ4n) is 3.58. The lowest BCUT2D eigenvalue weighted by molar-refractivity contribution is -0.275. The molecule has 0 aliphatic carbocycles. The quantitative estimate of drug-likeness (QED) is 0.288. The van der Waals surface area contributed by atoms with Crippen molar-refractivity contribution in [1.82, 2.24) is 10.2 Å². The van der Waals surface area contributed by atoms with Crippen molar-refractivity contribution in [2.24, 2.45) is 0 Å². The summed E-state index contributed by atoms with van der Waals surface area (Å²) in [5, 5.41) is 2.59. The van der Waals surface area contributed by atoms with Crippen LogP contribution in [0.1, 0.15) is 58.1 Å². The fraction of sp³-hybridized carbons (Fsp3) is 0.481. The number of carbonyl (C=O) groups excluding carboxylic acids is 2. The van der Waals surface area contributed by atoms with E-state index in [2.05, 4.69) is 14.8 Å². The van der Waals surface area contributed by atoms with Crippen LogP contribution in [0.15, 0.2) is 48.5 Å². The molecule has 0 spiro atoms. The molecule has 0 saturated carbocycles. The van der Waals surface area contributed by atoms with Gasteiger partial charge in [0.05, 0.1) is 0 Å². The standard InChI is InChI=1S/C27H32F6N2O5/c1-5-6-7-22(34-24(37)40-25(2,3)4)23(36)35(16-18-8-12-20(13-9-18)38-26(28,29)30)17-19-10-14-21(15-11-19)39-27(31,32)33/h8-15,22H,5-7,16-17H2,1-4H3,(H,34,37)/t22-/m0/s1. The molecule has 1 atom stereocenters. The van der Waals surface area contributed by atoms with Crippen molar-refractivity contribution in [1.29, 1.82) is 0 Å². The maximum absolute atomic E-state index is 13.7. The molecule has 2 aromatic carbocycles. The number of halogens is 6. The van der Waals surface area contributed by atoms with Gasteiger partial charge < -0.3 is 24.4 Å². The molecule has 7 nitrogen and oxygen atoms in total. The second-order valence-electron chi connectivity index (χ2n) is 9.92. The van der Waals surface area contributed by atoms with Gasteiger partial charge in [0.15, 0.2) is 0 Å². The van der Waals surface area contributed by atoms with E-state index in [1.807, 2.05) is 6.92 Å². The molecule has 0 unspecified atom stereocenters. The molecule has 0 fully saturated rings. The zero-order valence-electron chi connectivity index (χ0n) is 22.5. The van der Waals surface area contributed by atoms with E-state index < -0.39 is 47.9 Å². The second-order valence-corrected chi connectivity index (χ2v) is 9.92. The van der Waals surface area contributed by atoms with Crippen LogP contribution >= 0.6 is 0 Å². The monoisotopic (exact) mass is 578 g/mol. The minimum atomic E-state index is -4.87. The highest BCUT2D eigenvalue weighted by molar-refractivity contribution is 5.85. The van der Waals surface area contributed by atoms with Crippen LogP contribution in [0.3, 0.4) is 0 Å². The summed E-state index contributed by atoms with van der Waals surface area (Å²) in [6.07, 6.45) is -8.95. The third-order valence-electron chi connectivity index (χ3n) is 5.21. The molecule has 40 heavy (non-hydrogen) atoms. The number of nitrogens with zero attached hydrogens (tertiary/aromatic N) is 1. The van der Waals surface area contributed by atoms with E-state index in [0.29, 0.717) is 17.5 Å². The third kappa shape index (κ3) is 12.5. The first-order valence-corrected chi connectivity index (χ1v) is 12.4. The first-order valence-electron chi connectivity index (χ1n) is 12.4. The SMILES string of the molecule is CCCC[C@H](NC(=O)OC(C)(C)C)C(=O)N(Cc1ccc(OC(F)(F)F)cc1)Cc1ccc(OC(F)(F)F)cc1. The highest BCUT2D eigenvalue weighted by Crippen LogP contribution is 2.25. The van der Waals surface area contributed by atoms with Gasteiger partial charge in [0, 0.05) is 13.1 Å². The summed E-state index contributed by atoms with van der Waals surface area (Å²) < 4.78 is 88.2. The van der Waals surface area contributed by atoms with Gasteiger partial charge in [-0.25, -0.2) is 4.79 Å². The van der Waals surface area contributed by atoms with Crippen LogP contribution in [0.5, 0.6) is 11.5 Å². The first-order chi connectivity index (χ1) is 18.4. The Bertz CT molecular complexity index is 1040. The molecule has 13 heteroatoms. The molecule has 2 amide bonds. The summed E-state index contributed by atoms with van der Waals surface area (Å²) in [4.78, 5) is 27.5. The van der Waals surface area contributed by atoms with Gasteiger partial charge in [-0.05, 0) is 62.6 Å². The number of hydrogen-bond acceptors (Lipinski definition) is 5. The Morgan fingerprint density at radius 2 is 1.23 bits per heavy atom. The van der Waals surface area contributed by atoms with Gasteiger partial charge in [-0.3, -0.25) is 4.79 Å². The molecule has 0 bridgehead atoms. The Morgan fingerprint density at radius 3 is 1.57 bits per heavy atom. The summed E-state index contributed by atoms with van der Waals surface area (Å²) in [6.45, 7) is 6.75. The van der Waals surface area contributed by atoms with E-state index >= 15 is 0 Å². The zero-order valence-corrected chi connectivity index (χ0v) is 22.5. The molecule has 2 aromatic rings. The number of amides is 2. The summed E-state index contributed by atoms with van der Waals surface area (Å²) in [5.41, 5.74) is 0.0839. The number of unbranched alkanes of at least 4 members (excludes halogenated alkanes) is 1. The lowest BCUT2D eigenvalue weighted by Crippen LogP contribution is -2.49. The molecule has 0 aliphatic rings. The molecule has 0 saturated heterocycles. The van der Waals surface area contributed by atoms with E-state index in [1.54, 1.807) is 20.8 Å². The largest absolute Gasteiger partial charge is 0.573 e. The first kappa shape index (κ1) is 32.6. The molecular weight excluding hydrogens is 546 g/mol. The van der Waals surface area contributed by atoms with Crippen molar-refractivity contribution >= 4 is 12.0 Å². The summed E-state index contributed by atoms with van der Waals surface area (Å²) in [5.74, 6) is -1.39. The van der Waals surface area contributed by atoms with Gasteiger partial charge in [-0.2, -0.15) is 0 Å². The average Bonchev–Trinajstić information content (AvgIpc) is 2.80. The maximum Gasteiger partial charge on any atom is 0.573 e. The lowest BCUT2D eigenvalue weighted by atomic mass is 10.1. The minimum absolute atomic E-state index is 0.0788. The number of hydrogen-bond donors (Lipinski definition) is 1. The fourth-order valence-corrected chi connectivity index (χ4v) is 3.58. The van der Waals surface area contributed by atoms with E-state index in [-0.39, 0.29) is 19.5 Å². The van der Waals surface area contributed by atoms with Crippen molar-refractivity contribution in [3.63, 3.8) is 0 Å². The Morgan fingerprint density at radius 1 is 0.800 bits per heavy atom. The van der Waals surface area contributed by atoms with Gasteiger partial charge in [-0.1, -0.05) is 44.0 Å².